The first-order valence-electron chi connectivity index (χ1n) is 8.04. The number of benzene rings is 1. The molecule has 0 aliphatic carbocycles. The summed E-state index contributed by atoms with van der Waals surface area (Å²) in [5.41, 5.74) is 2.13. The van der Waals surface area contributed by atoms with Crippen molar-refractivity contribution in [3.63, 3.8) is 0 Å². The molecule has 0 unspecified atom stereocenters. The number of rotatable bonds is 3. The number of hydrogen-bond donors (Lipinski definition) is 0. The van der Waals surface area contributed by atoms with E-state index < -0.39 is 0 Å². The molecule has 124 valence electrons. The molecule has 24 heavy (non-hydrogen) atoms. The first kappa shape index (κ1) is 16.2. The summed E-state index contributed by atoms with van der Waals surface area (Å²) in [6, 6.07) is 12.5. The Morgan fingerprint density at radius 1 is 1.21 bits per heavy atom. The Morgan fingerprint density at radius 2 is 2.08 bits per heavy atom. The number of fused-ring (bicyclic) bond motifs is 1. The third kappa shape index (κ3) is 2.71. The van der Waals surface area contributed by atoms with Crippen molar-refractivity contribution >= 4 is 40.1 Å². The molecule has 3 heterocycles. The zero-order valence-electron chi connectivity index (χ0n) is 13.2. The highest BCUT2D eigenvalue weighted by Gasteiger charge is 2.45. The van der Waals surface area contributed by atoms with Gasteiger partial charge in [-0.2, -0.15) is 0 Å². The summed E-state index contributed by atoms with van der Waals surface area (Å²) in [6.45, 7) is 2.23. The summed E-state index contributed by atoms with van der Waals surface area (Å²) in [6.07, 6.45) is 2.92. The number of nitrogens with zero attached hydrogens (tertiary/aromatic N) is 3. The van der Waals surface area contributed by atoms with Crippen molar-refractivity contribution < 1.29 is 0 Å². The highest BCUT2D eigenvalue weighted by Crippen LogP contribution is 2.49. The number of hydrogen-bond acceptors (Lipinski definition) is 4. The zero-order valence-corrected chi connectivity index (χ0v) is 15.5. The van der Waals surface area contributed by atoms with E-state index in [0.29, 0.717) is 16.1 Å². The van der Waals surface area contributed by atoms with Crippen LogP contribution in [0.3, 0.4) is 0 Å². The first-order valence-corrected chi connectivity index (χ1v) is 9.78. The van der Waals surface area contributed by atoms with E-state index in [2.05, 4.69) is 22.9 Å². The van der Waals surface area contributed by atoms with E-state index in [9.17, 15) is 0 Å². The molecule has 1 saturated heterocycles. The van der Waals surface area contributed by atoms with Crippen LogP contribution < -0.4 is 0 Å². The predicted octanol–water partition coefficient (Wildman–Crippen LogP) is 5.37. The average molecular weight is 378 g/mol. The van der Waals surface area contributed by atoms with E-state index in [1.54, 1.807) is 0 Å². The smallest absolute Gasteiger partial charge is 0.160 e. The number of aromatic nitrogens is 1. The van der Waals surface area contributed by atoms with Gasteiger partial charge in [-0.25, -0.2) is 0 Å². The minimum absolute atomic E-state index is 0.0136. The number of amidine groups is 1. The molecule has 6 heteroatoms. The molecule has 0 spiro atoms. The van der Waals surface area contributed by atoms with E-state index in [-0.39, 0.29) is 12.1 Å². The maximum Gasteiger partial charge on any atom is 0.160 e. The second-order valence-corrected chi connectivity index (χ2v) is 7.81. The molecule has 1 aromatic carbocycles. The van der Waals surface area contributed by atoms with E-state index in [0.717, 1.165) is 28.6 Å². The summed E-state index contributed by atoms with van der Waals surface area (Å²) >= 11 is 14.2. The van der Waals surface area contributed by atoms with Crippen LogP contribution in [0.1, 0.15) is 36.7 Å². The molecule has 2 aliphatic heterocycles. The molecule has 0 saturated carbocycles. The first-order chi connectivity index (χ1) is 11.7. The SMILES string of the molecule is CC[C@H]1CSC2=N[C@@H](c3ccccn3)[C@@H](c3ccc(Cl)c(Cl)c3)N21. The van der Waals surface area contributed by atoms with Crippen LogP contribution in [0, 0.1) is 0 Å². The Labute approximate surface area is 156 Å². The largest absolute Gasteiger partial charge is 0.338 e. The second-order valence-electron chi connectivity index (χ2n) is 6.01. The lowest BCUT2D eigenvalue weighted by Gasteiger charge is -2.32. The Morgan fingerprint density at radius 3 is 2.79 bits per heavy atom. The van der Waals surface area contributed by atoms with Crippen LogP contribution in [0.2, 0.25) is 10.0 Å². The lowest BCUT2D eigenvalue weighted by molar-refractivity contribution is 0.255. The van der Waals surface area contributed by atoms with Gasteiger partial charge < -0.3 is 4.90 Å². The van der Waals surface area contributed by atoms with Crippen LogP contribution >= 0.6 is 35.0 Å². The van der Waals surface area contributed by atoms with Crippen LogP contribution in [0.4, 0.5) is 0 Å². The van der Waals surface area contributed by atoms with Crippen LogP contribution in [0.25, 0.3) is 0 Å². The van der Waals surface area contributed by atoms with Gasteiger partial charge in [0.2, 0.25) is 0 Å². The quantitative estimate of drug-likeness (QED) is 0.719. The van der Waals surface area contributed by atoms with Crippen LogP contribution in [0.15, 0.2) is 47.6 Å². The second kappa shape index (κ2) is 6.58. The Balaban J connectivity index is 1.80. The van der Waals surface area contributed by atoms with Crippen LogP contribution in [-0.4, -0.2) is 26.8 Å². The van der Waals surface area contributed by atoms with Gasteiger partial charge in [-0.05, 0) is 36.2 Å². The number of halogens is 2. The maximum absolute atomic E-state index is 6.29. The van der Waals surface area contributed by atoms with Crippen LogP contribution in [-0.2, 0) is 0 Å². The van der Waals surface area contributed by atoms with Crippen LogP contribution in [0.5, 0.6) is 0 Å². The molecule has 3 atom stereocenters. The van der Waals surface area contributed by atoms with Crippen molar-refractivity contribution in [1.29, 1.82) is 0 Å². The van der Waals surface area contributed by atoms with Crippen molar-refractivity contribution in [2.75, 3.05) is 5.75 Å². The van der Waals surface area contributed by atoms with E-state index in [4.69, 9.17) is 28.2 Å². The molecule has 0 radical (unpaired) electrons. The van der Waals surface area contributed by atoms with E-state index in [1.807, 2.05) is 48.3 Å². The van der Waals surface area contributed by atoms with Gasteiger partial charge in [0.25, 0.3) is 0 Å². The minimum Gasteiger partial charge on any atom is -0.338 e. The third-order valence-corrected chi connectivity index (χ3v) is 6.48. The average Bonchev–Trinajstić information content (AvgIpc) is 3.17. The molecule has 2 aliphatic rings. The highest BCUT2D eigenvalue weighted by atomic mass is 35.5. The number of aliphatic imine (C=N–C) groups is 1. The fraction of sp³-hybridized carbons (Fsp3) is 0.333. The molecule has 3 nitrogen and oxygen atoms in total. The standard InChI is InChI=1S/C18H17Cl2N3S/c1-2-12-10-24-18-22-16(15-5-3-4-8-21-15)17(23(12)18)11-6-7-13(19)14(20)9-11/h3-9,12,16-17H,2,10H2,1H3/t12-,16-,17+/m0/s1. The predicted molar refractivity (Wildman–Crippen MR) is 102 cm³/mol. The molecule has 0 N–H and O–H groups in total. The number of thioether (sulfide) groups is 1. The van der Waals surface area contributed by atoms with Crippen molar-refractivity contribution in [2.45, 2.75) is 31.5 Å². The zero-order chi connectivity index (χ0) is 16.7. The minimum atomic E-state index is -0.0136. The van der Waals surface area contributed by atoms with Gasteiger partial charge in [-0.3, -0.25) is 9.98 Å². The van der Waals surface area contributed by atoms with Gasteiger partial charge in [0.1, 0.15) is 6.04 Å². The van der Waals surface area contributed by atoms with Gasteiger partial charge in [0, 0.05) is 18.0 Å². The molecule has 0 amide bonds. The molecule has 0 bridgehead atoms. The monoisotopic (exact) mass is 377 g/mol. The normalized spacial score (nSPS) is 25.7. The van der Waals surface area contributed by atoms with Gasteiger partial charge in [-0.15, -0.1) is 0 Å². The lowest BCUT2D eigenvalue weighted by Crippen LogP contribution is -2.35. The Hall–Kier alpha value is -1.23. The highest BCUT2D eigenvalue weighted by molar-refractivity contribution is 8.14. The fourth-order valence-corrected chi connectivity index (χ4v) is 5.05. The lowest BCUT2D eigenvalue weighted by atomic mass is 9.95. The van der Waals surface area contributed by atoms with Gasteiger partial charge in [0.05, 0.1) is 21.8 Å². The molecule has 4 rings (SSSR count). The van der Waals surface area contributed by atoms with Gasteiger partial charge in [-0.1, -0.05) is 54.0 Å². The molecule has 2 aromatic rings. The van der Waals surface area contributed by atoms with Crippen molar-refractivity contribution in [3.05, 3.63) is 63.9 Å². The maximum atomic E-state index is 6.29. The fourth-order valence-electron chi connectivity index (χ4n) is 3.41. The molecule has 1 aromatic heterocycles. The van der Waals surface area contributed by atoms with Crippen molar-refractivity contribution in [3.8, 4) is 0 Å². The molecular weight excluding hydrogens is 361 g/mol. The summed E-state index contributed by atoms with van der Waals surface area (Å²) in [7, 11) is 0. The van der Waals surface area contributed by atoms with E-state index in [1.165, 1.54) is 0 Å². The Kier molecular flexibility index (Phi) is 4.46. The summed E-state index contributed by atoms with van der Waals surface area (Å²) < 4.78 is 0. The summed E-state index contributed by atoms with van der Waals surface area (Å²) in [4.78, 5) is 12.0. The van der Waals surface area contributed by atoms with Crippen molar-refractivity contribution in [2.24, 2.45) is 4.99 Å². The van der Waals surface area contributed by atoms with Crippen molar-refractivity contribution in [1.82, 2.24) is 9.88 Å². The van der Waals surface area contributed by atoms with Gasteiger partial charge >= 0.3 is 0 Å². The molecule has 1 fully saturated rings. The Bertz CT molecular complexity index is 781. The summed E-state index contributed by atoms with van der Waals surface area (Å²) in [5, 5.41) is 2.28. The topological polar surface area (TPSA) is 28.5 Å². The van der Waals surface area contributed by atoms with Gasteiger partial charge in [0.15, 0.2) is 5.17 Å². The van der Waals surface area contributed by atoms with E-state index >= 15 is 0 Å². The summed E-state index contributed by atoms with van der Waals surface area (Å²) in [5.74, 6) is 1.09. The molecular formula is C18H17Cl2N3S. The number of pyridine rings is 1. The third-order valence-electron chi connectivity index (χ3n) is 4.61.